The monoisotopic (exact) mass is 287 g/mol. The minimum absolute atomic E-state index is 0.287. The zero-order chi connectivity index (χ0) is 15.2. The van der Waals surface area contributed by atoms with E-state index in [0.717, 1.165) is 5.56 Å². The number of aliphatic carboxylic acids is 1. The van der Waals surface area contributed by atoms with Crippen LogP contribution in [-0.4, -0.2) is 25.8 Å². The molecule has 6 heteroatoms. The van der Waals surface area contributed by atoms with Crippen LogP contribution in [0.15, 0.2) is 35.1 Å². The molecule has 0 amide bonds. The van der Waals surface area contributed by atoms with E-state index in [9.17, 15) is 9.59 Å². The molecule has 0 saturated carbocycles. The molecule has 0 spiro atoms. The third-order valence-electron chi connectivity index (χ3n) is 3.12. The Bertz CT molecular complexity index is 680. The van der Waals surface area contributed by atoms with Gasteiger partial charge in [0.2, 0.25) is 0 Å². The molecule has 0 fully saturated rings. The number of hydrogen-bond donors (Lipinski definition) is 1. The first-order valence-electron chi connectivity index (χ1n) is 6.82. The summed E-state index contributed by atoms with van der Waals surface area (Å²) in [5, 5.41) is 13.0. The Morgan fingerprint density at radius 1 is 1.24 bits per heavy atom. The molecule has 2 aromatic rings. The smallest absolute Gasteiger partial charge is 0.325 e. The van der Waals surface area contributed by atoms with Gasteiger partial charge >= 0.3 is 5.97 Å². The number of carbonyl (C=O) groups is 1. The second-order valence-corrected chi connectivity index (χ2v) is 4.67. The Balaban J connectivity index is 2.26. The zero-order valence-corrected chi connectivity index (χ0v) is 11.8. The fourth-order valence-electron chi connectivity index (χ4n) is 2.05. The average Bonchev–Trinajstić information content (AvgIpc) is 2.47. The van der Waals surface area contributed by atoms with Gasteiger partial charge in [0.1, 0.15) is 18.1 Å². The predicted molar refractivity (Wildman–Crippen MR) is 77.2 cm³/mol. The van der Waals surface area contributed by atoms with E-state index >= 15 is 0 Å². The molecule has 0 radical (unpaired) electrons. The summed E-state index contributed by atoms with van der Waals surface area (Å²) < 4.78 is 1.31. The van der Waals surface area contributed by atoms with Crippen molar-refractivity contribution in [3.63, 3.8) is 0 Å². The molecule has 21 heavy (non-hydrogen) atoms. The number of carboxylic acid groups (broad SMARTS) is 1. The Kier molecular flexibility index (Phi) is 4.81. The quantitative estimate of drug-likeness (QED) is 0.859. The van der Waals surface area contributed by atoms with Gasteiger partial charge < -0.3 is 5.11 Å². The third-order valence-corrected chi connectivity index (χ3v) is 3.12. The number of aromatic nitrogens is 3. The van der Waals surface area contributed by atoms with Crippen LogP contribution in [0.1, 0.15) is 24.0 Å². The van der Waals surface area contributed by atoms with Crippen LogP contribution in [0.3, 0.4) is 0 Å². The SMILES string of the molecule is CCc1nn(CC(=O)O)c(CCc2ccccc2)nc1=O. The molecule has 1 N–H and O–H groups in total. The standard InChI is InChI=1S/C15H17N3O3/c1-2-12-15(21)16-13(18(17-12)10-14(19)20)9-8-11-6-4-3-5-7-11/h3-7H,2,8-10H2,1H3,(H,19,20). The molecule has 0 aliphatic carbocycles. The number of rotatable bonds is 6. The molecule has 2 rings (SSSR count). The molecule has 1 heterocycles. The van der Waals surface area contributed by atoms with Crippen molar-refractivity contribution >= 4 is 5.97 Å². The minimum Gasteiger partial charge on any atom is -0.480 e. The summed E-state index contributed by atoms with van der Waals surface area (Å²) in [6.07, 6.45) is 1.59. The molecule has 0 unspecified atom stereocenters. The highest BCUT2D eigenvalue weighted by molar-refractivity contribution is 5.66. The second kappa shape index (κ2) is 6.78. The lowest BCUT2D eigenvalue weighted by Crippen LogP contribution is -2.27. The lowest BCUT2D eigenvalue weighted by atomic mass is 10.1. The summed E-state index contributed by atoms with van der Waals surface area (Å²) in [6, 6.07) is 9.76. The highest BCUT2D eigenvalue weighted by atomic mass is 16.4. The van der Waals surface area contributed by atoms with E-state index < -0.39 is 5.97 Å². The number of nitrogens with zero attached hydrogens (tertiary/aromatic N) is 3. The van der Waals surface area contributed by atoms with E-state index in [1.165, 1.54) is 4.68 Å². The number of aryl methyl sites for hydroxylation is 3. The first kappa shape index (κ1) is 14.9. The van der Waals surface area contributed by atoms with E-state index in [1.54, 1.807) is 6.92 Å². The van der Waals surface area contributed by atoms with Crippen LogP contribution in [0.25, 0.3) is 0 Å². The molecular formula is C15H17N3O3. The van der Waals surface area contributed by atoms with Gasteiger partial charge in [0.25, 0.3) is 5.56 Å². The fraction of sp³-hybridized carbons (Fsp3) is 0.333. The highest BCUT2D eigenvalue weighted by Gasteiger charge is 2.11. The van der Waals surface area contributed by atoms with E-state index in [-0.39, 0.29) is 12.1 Å². The zero-order valence-electron chi connectivity index (χ0n) is 11.8. The molecule has 0 bridgehead atoms. The van der Waals surface area contributed by atoms with E-state index in [2.05, 4.69) is 10.1 Å². The molecule has 0 saturated heterocycles. The Hall–Kier alpha value is -2.50. The second-order valence-electron chi connectivity index (χ2n) is 4.67. The molecule has 6 nitrogen and oxygen atoms in total. The van der Waals surface area contributed by atoms with Gasteiger partial charge in [0, 0.05) is 6.42 Å². The van der Waals surface area contributed by atoms with Crippen LogP contribution < -0.4 is 5.56 Å². The molecule has 0 aliphatic rings. The van der Waals surface area contributed by atoms with Gasteiger partial charge in [0.05, 0.1) is 0 Å². The summed E-state index contributed by atoms with van der Waals surface area (Å²) in [7, 11) is 0. The maximum absolute atomic E-state index is 11.8. The lowest BCUT2D eigenvalue weighted by molar-refractivity contribution is -0.138. The maximum Gasteiger partial charge on any atom is 0.325 e. The average molecular weight is 287 g/mol. The Labute approximate surface area is 122 Å². The largest absolute Gasteiger partial charge is 0.480 e. The lowest BCUT2D eigenvalue weighted by Gasteiger charge is -2.10. The molecular weight excluding hydrogens is 270 g/mol. The Morgan fingerprint density at radius 2 is 1.95 bits per heavy atom. The first-order chi connectivity index (χ1) is 10.1. The maximum atomic E-state index is 11.8. The van der Waals surface area contributed by atoms with E-state index in [1.807, 2.05) is 30.3 Å². The highest BCUT2D eigenvalue weighted by Crippen LogP contribution is 2.04. The molecule has 110 valence electrons. The minimum atomic E-state index is -1.00. The van der Waals surface area contributed by atoms with Gasteiger partial charge in [-0.1, -0.05) is 37.3 Å². The van der Waals surface area contributed by atoms with Crippen LogP contribution in [0.5, 0.6) is 0 Å². The van der Waals surface area contributed by atoms with Crippen LogP contribution in [0.2, 0.25) is 0 Å². The summed E-state index contributed by atoms with van der Waals surface area (Å²) in [5.41, 5.74) is 1.02. The van der Waals surface area contributed by atoms with Crippen molar-refractivity contribution in [2.24, 2.45) is 0 Å². The van der Waals surface area contributed by atoms with Gasteiger partial charge in [-0.25, -0.2) is 4.68 Å². The predicted octanol–water partition coefficient (Wildman–Crippen LogP) is 1.07. The first-order valence-corrected chi connectivity index (χ1v) is 6.82. The molecule has 0 aliphatic heterocycles. The van der Waals surface area contributed by atoms with Crippen molar-refractivity contribution in [1.82, 2.24) is 14.8 Å². The van der Waals surface area contributed by atoms with Gasteiger partial charge in [-0.05, 0) is 18.4 Å². The summed E-state index contributed by atoms with van der Waals surface area (Å²) >= 11 is 0. The van der Waals surface area contributed by atoms with Crippen LogP contribution >= 0.6 is 0 Å². The van der Waals surface area contributed by atoms with Crippen molar-refractivity contribution in [3.05, 3.63) is 57.8 Å². The van der Waals surface area contributed by atoms with Crippen LogP contribution in [0, 0.1) is 0 Å². The van der Waals surface area contributed by atoms with Gasteiger partial charge in [-0.3, -0.25) is 9.59 Å². The summed E-state index contributed by atoms with van der Waals surface area (Å²) in [6.45, 7) is 1.50. The fourth-order valence-corrected chi connectivity index (χ4v) is 2.05. The Morgan fingerprint density at radius 3 is 2.57 bits per heavy atom. The van der Waals surface area contributed by atoms with Crippen molar-refractivity contribution in [2.45, 2.75) is 32.7 Å². The molecule has 1 aromatic heterocycles. The van der Waals surface area contributed by atoms with Crippen molar-refractivity contribution in [3.8, 4) is 0 Å². The molecule has 1 aromatic carbocycles. The van der Waals surface area contributed by atoms with Crippen molar-refractivity contribution < 1.29 is 9.90 Å². The van der Waals surface area contributed by atoms with Gasteiger partial charge in [0.15, 0.2) is 0 Å². The van der Waals surface area contributed by atoms with Crippen molar-refractivity contribution in [1.29, 1.82) is 0 Å². The van der Waals surface area contributed by atoms with Crippen molar-refractivity contribution in [2.75, 3.05) is 0 Å². The van der Waals surface area contributed by atoms with Gasteiger partial charge in [-0.15, -0.1) is 0 Å². The van der Waals surface area contributed by atoms with E-state index in [4.69, 9.17) is 5.11 Å². The number of carboxylic acids is 1. The summed E-state index contributed by atoms with van der Waals surface area (Å²) in [4.78, 5) is 26.7. The van der Waals surface area contributed by atoms with E-state index in [0.29, 0.717) is 30.8 Å². The topological polar surface area (TPSA) is 85.1 Å². The third kappa shape index (κ3) is 3.98. The summed E-state index contributed by atoms with van der Waals surface area (Å²) in [5.74, 6) is -0.598. The number of benzene rings is 1. The van der Waals surface area contributed by atoms with Crippen LogP contribution in [0.4, 0.5) is 0 Å². The van der Waals surface area contributed by atoms with Crippen LogP contribution in [-0.2, 0) is 30.6 Å². The normalized spacial score (nSPS) is 10.5. The molecule has 0 atom stereocenters. The van der Waals surface area contributed by atoms with Gasteiger partial charge in [-0.2, -0.15) is 10.1 Å². The number of hydrogen-bond acceptors (Lipinski definition) is 4.